The normalized spacial score (nSPS) is 22.8. The monoisotopic (exact) mass is 255 g/mol. The number of carbonyl (C=O) groups excluding carboxylic acids is 1. The Bertz CT molecular complexity index is 253. The molecule has 1 rings (SSSR count). The predicted molar refractivity (Wildman–Crippen MR) is 75.4 cm³/mol. The van der Waals surface area contributed by atoms with Crippen molar-refractivity contribution in [2.24, 2.45) is 5.73 Å². The van der Waals surface area contributed by atoms with Crippen molar-refractivity contribution in [1.29, 1.82) is 0 Å². The van der Waals surface area contributed by atoms with Crippen LogP contribution in [0.5, 0.6) is 0 Å². The van der Waals surface area contributed by atoms with E-state index in [4.69, 9.17) is 5.73 Å². The number of hydrogen-bond donors (Lipinski definition) is 1. The molecular formula is C14H29N3O. The lowest BCUT2D eigenvalue weighted by molar-refractivity contribution is -0.132. The van der Waals surface area contributed by atoms with Crippen LogP contribution >= 0.6 is 0 Å². The van der Waals surface area contributed by atoms with Crippen LogP contribution in [-0.2, 0) is 4.79 Å². The van der Waals surface area contributed by atoms with Gasteiger partial charge in [-0.3, -0.25) is 9.69 Å². The number of piperidine rings is 1. The molecule has 1 amide bonds. The van der Waals surface area contributed by atoms with Crippen LogP contribution in [-0.4, -0.2) is 54.0 Å². The number of carbonyl (C=O) groups is 1. The van der Waals surface area contributed by atoms with Gasteiger partial charge in [-0.2, -0.15) is 0 Å². The molecule has 0 aromatic rings. The summed E-state index contributed by atoms with van der Waals surface area (Å²) in [5.74, 6) is 0.244. The summed E-state index contributed by atoms with van der Waals surface area (Å²) >= 11 is 0. The minimum atomic E-state index is 0.216. The van der Waals surface area contributed by atoms with E-state index in [-0.39, 0.29) is 11.9 Å². The molecule has 0 aromatic heterocycles. The molecule has 1 fully saturated rings. The molecule has 1 aliphatic rings. The van der Waals surface area contributed by atoms with Crippen LogP contribution in [0.4, 0.5) is 0 Å². The van der Waals surface area contributed by atoms with E-state index in [2.05, 4.69) is 11.8 Å². The number of amides is 1. The number of rotatable bonds is 6. The van der Waals surface area contributed by atoms with Gasteiger partial charge in [-0.05, 0) is 40.2 Å². The maximum atomic E-state index is 12.2. The average Bonchev–Trinajstić information content (AvgIpc) is 2.38. The van der Waals surface area contributed by atoms with Crippen molar-refractivity contribution in [2.75, 3.05) is 26.2 Å². The first-order chi connectivity index (χ1) is 8.63. The van der Waals surface area contributed by atoms with Gasteiger partial charge in [-0.1, -0.05) is 6.42 Å². The lowest BCUT2D eigenvalue weighted by Gasteiger charge is -2.39. The molecule has 4 nitrogen and oxygen atoms in total. The molecule has 4 heteroatoms. The van der Waals surface area contributed by atoms with Crippen LogP contribution in [0.2, 0.25) is 0 Å². The lowest BCUT2D eigenvalue weighted by atomic mass is 9.99. The van der Waals surface area contributed by atoms with Crippen LogP contribution in [0.25, 0.3) is 0 Å². The SMILES string of the molecule is CCN(CC)C(=O)CC(CN)N1CCCCC1C. The van der Waals surface area contributed by atoms with Crippen molar-refractivity contribution in [3.8, 4) is 0 Å². The zero-order chi connectivity index (χ0) is 13.5. The van der Waals surface area contributed by atoms with E-state index >= 15 is 0 Å². The summed E-state index contributed by atoms with van der Waals surface area (Å²) in [4.78, 5) is 16.5. The molecule has 0 radical (unpaired) electrons. The van der Waals surface area contributed by atoms with Crippen LogP contribution in [0.15, 0.2) is 0 Å². The highest BCUT2D eigenvalue weighted by molar-refractivity contribution is 5.76. The maximum absolute atomic E-state index is 12.2. The van der Waals surface area contributed by atoms with E-state index in [9.17, 15) is 4.79 Å². The Labute approximate surface area is 111 Å². The molecular weight excluding hydrogens is 226 g/mol. The molecule has 0 saturated carbocycles. The number of likely N-dealkylation sites (tertiary alicyclic amines) is 1. The van der Waals surface area contributed by atoms with Crippen molar-refractivity contribution in [2.45, 2.75) is 58.5 Å². The van der Waals surface area contributed by atoms with Crippen molar-refractivity contribution < 1.29 is 4.79 Å². The second kappa shape index (κ2) is 7.74. The molecule has 0 aromatic carbocycles. The molecule has 1 saturated heterocycles. The summed E-state index contributed by atoms with van der Waals surface area (Å²) in [6, 6.07) is 0.783. The van der Waals surface area contributed by atoms with Gasteiger partial charge in [0, 0.05) is 38.1 Å². The quantitative estimate of drug-likeness (QED) is 0.781. The minimum absolute atomic E-state index is 0.216. The molecule has 1 aliphatic heterocycles. The fourth-order valence-electron chi connectivity index (χ4n) is 2.91. The Morgan fingerprint density at radius 2 is 2.06 bits per heavy atom. The summed E-state index contributed by atoms with van der Waals surface area (Å²) in [7, 11) is 0. The summed E-state index contributed by atoms with van der Waals surface area (Å²) < 4.78 is 0. The molecule has 2 atom stereocenters. The summed E-state index contributed by atoms with van der Waals surface area (Å²) in [6.07, 6.45) is 4.34. The second-order valence-corrected chi connectivity index (χ2v) is 5.24. The maximum Gasteiger partial charge on any atom is 0.224 e. The van der Waals surface area contributed by atoms with Gasteiger partial charge in [0.1, 0.15) is 0 Å². The fourth-order valence-corrected chi connectivity index (χ4v) is 2.91. The van der Waals surface area contributed by atoms with Gasteiger partial charge >= 0.3 is 0 Å². The lowest BCUT2D eigenvalue weighted by Crippen LogP contribution is -2.50. The molecule has 2 unspecified atom stereocenters. The standard InChI is InChI=1S/C14H29N3O/c1-4-16(5-2)14(18)10-13(11-15)17-9-7-6-8-12(17)3/h12-13H,4-11,15H2,1-3H3. The zero-order valence-electron chi connectivity index (χ0n) is 12.2. The number of hydrogen-bond acceptors (Lipinski definition) is 3. The Morgan fingerprint density at radius 1 is 1.39 bits per heavy atom. The van der Waals surface area contributed by atoms with Gasteiger partial charge in [0.15, 0.2) is 0 Å². The first kappa shape index (κ1) is 15.4. The summed E-state index contributed by atoms with van der Waals surface area (Å²) in [5.41, 5.74) is 5.88. The first-order valence-corrected chi connectivity index (χ1v) is 7.37. The third-order valence-electron chi connectivity index (χ3n) is 4.12. The molecule has 18 heavy (non-hydrogen) atoms. The van der Waals surface area contributed by atoms with Crippen molar-refractivity contribution >= 4 is 5.91 Å². The largest absolute Gasteiger partial charge is 0.343 e. The minimum Gasteiger partial charge on any atom is -0.343 e. The number of nitrogens with two attached hydrogens (primary N) is 1. The highest BCUT2D eigenvalue weighted by Gasteiger charge is 2.27. The van der Waals surface area contributed by atoms with Gasteiger partial charge < -0.3 is 10.6 Å². The summed E-state index contributed by atoms with van der Waals surface area (Å²) in [6.45, 7) is 9.57. The van der Waals surface area contributed by atoms with E-state index in [1.807, 2.05) is 18.7 Å². The van der Waals surface area contributed by atoms with E-state index < -0.39 is 0 Å². The Hall–Kier alpha value is -0.610. The van der Waals surface area contributed by atoms with Gasteiger partial charge in [-0.25, -0.2) is 0 Å². The van der Waals surface area contributed by atoms with Crippen molar-refractivity contribution in [3.05, 3.63) is 0 Å². The third kappa shape index (κ3) is 3.95. The molecule has 0 spiro atoms. The van der Waals surface area contributed by atoms with Crippen molar-refractivity contribution in [3.63, 3.8) is 0 Å². The van der Waals surface area contributed by atoms with E-state index in [1.54, 1.807) is 0 Å². The predicted octanol–water partition coefficient (Wildman–Crippen LogP) is 1.45. The van der Waals surface area contributed by atoms with Crippen LogP contribution < -0.4 is 5.73 Å². The third-order valence-corrected chi connectivity index (χ3v) is 4.12. The van der Waals surface area contributed by atoms with Gasteiger partial charge in [-0.15, -0.1) is 0 Å². The Kier molecular flexibility index (Phi) is 6.65. The zero-order valence-corrected chi connectivity index (χ0v) is 12.2. The molecule has 0 bridgehead atoms. The Morgan fingerprint density at radius 3 is 2.56 bits per heavy atom. The first-order valence-electron chi connectivity index (χ1n) is 7.37. The summed E-state index contributed by atoms with van der Waals surface area (Å²) in [5, 5.41) is 0. The molecule has 1 heterocycles. The smallest absolute Gasteiger partial charge is 0.224 e. The van der Waals surface area contributed by atoms with Crippen molar-refractivity contribution in [1.82, 2.24) is 9.80 Å². The van der Waals surface area contributed by atoms with E-state index in [0.717, 1.165) is 19.6 Å². The van der Waals surface area contributed by atoms with E-state index in [1.165, 1.54) is 19.3 Å². The van der Waals surface area contributed by atoms with Gasteiger partial charge in [0.05, 0.1) is 0 Å². The highest BCUT2D eigenvalue weighted by atomic mass is 16.2. The van der Waals surface area contributed by atoms with Gasteiger partial charge in [0.2, 0.25) is 5.91 Å². The average molecular weight is 255 g/mol. The fraction of sp³-hybridized carbons (Fsp3) is 0.929. The number of nitrogens with zero attached hydrogens (tertiary/aromatic N) is 2. The van der Waals surface area contributed by atoms with Crippen LogP contribution in [0.3, 0.4) is 0 Å². The van der Waals surface area contributed by atoms with Gasteiger partial charge in [0.25, 0.3) is 0 Å². The molecule has 106 valence electrons. The Balaban J connectivity index is 2.57. The van der Waals surface area contributed by atoms with E-state index in [0.29, 0.717) is 19.0 Å². The molecule has 2 N–H and O–H groups in total. The highest BCUT2D eigenvalue weighted by Crippen LogP contribution is 2.20. The van der Waals surface area contributed by atoms with Crippen LogP contribution in [0, 0.1) is 0 Å². The topological polar surface area (TPSA) is 49.6 Å². The molecule has 0 aliphatic carbocycles. The van der Waals surface area contributed by atoms with Crippen LogP contribution in [0.1, 0.15) is 46.5 Å². The second-order valence-electron chi connectivity index (χ2n) is 5.24.